The first-order valence-electron chi connectivity index (χ1n) is 14.2. The van der Waals surface area contributed by atoms with E-state index in [0.29, 0.717) is 12.0 Å². The Balaban J connectivity index is 1.65. The van der Waals surface area contributed by atoms with E-state index in [2.05, 4.69) is 0 Å². The average Bonchev–Trinajstić information content (AvgIpc) is 2.99. The molecular formula is C31H42O13. The molecule has 0 amide bonds. The van der Waals surface area contributed by atoms with Gasteiger partial charge in [-0.05, 0) is 43.0 Å². The fourth-order valence-corrected chi connectivity index (χ4v) is 4.88. The molecule has 1 aliphatic heterocycles. The summed E-state index contributed by atoms with van der Waals surface area (Å²) in [6.45, 7) is 2.75. The largest absolute Gasteiger partial charge is 0.507 e. The molecule has 244 valence electrons. The summed E-state index contributed by atoms with van der Waals surface area (Å²) in [5, 5.41) is 70.3. The summed E-state index contributed by atoms with van der Waals surface area (Å²) < 4.78 is 27.8. The van der Waals surface area contributed by atoms with Crippen LogP contribution >= 0.6 is 0 Å². The molecule has 1 saturated heterocycles. The highest BCUT2D eigenvalue weighted by Crippen LogP contribution is 2.36. The number of rotatable bonds is 15. The van der Waals surface area contributed by atoms with Gasteiger partial charge in [-0.2, -0.15) is 0 Å². The van der Waals surface area contributed by atoms with Gasteiger partial charge < -0.3 is 59.4 Å². The zero-order valence-electron chi connectivity index (χ0n) is 25.1. The Morgan fingerprint density at radius 1 is 1.05 bits per heavy atom. The van der Waals surface area contributed by atoms with Crippen molar-refractivity contribution in [2.24, 2.45) is 5.92 Å². The smallest absolute Gasteiger partial charge is 0.202 e. The minimum Gasteiger partial charge on any atom is -0.507 e. The summed E-state index contributed by atoms with van der Waals surface area (Å²) in [4.78, 5) is 12.9. The van der Waals surface area contributed by atoms with Gasteiger partial charge in [-0.25, -0.2) is 0 Å². The summed E-state index contributed by atoms with van der Waals surface area (Å²) in [5.41, 5.74) is 0.394. The number of aliphatic hydroxyl groups excluding tert-OH is 5. The molecule has 1 aliphatic rings. The van der Waals surface area contributed by atoms with Crippen LogP contribution in [0.1, 0.15) is 42.6 Å². The van der Waals surface area contributed by atoms with Gasteiger partial charge in [0, 0.05) is 18.6 Å². The molecule has 1 heterocycles. The second-order valence-corrected chi connectivity index (χ2v) is 10.8. The number of hydrogen-bond donors (Lipinski definition) is 7. The Labute approximate surface area is 255 Å². The Hall–Kier alpha value is -3.43. The van der Waals surface area contributed by atoms with Crippen LogP contribution in [0, 0.1) is 5.92 Å². The Bertz CT molecular complexity index is 1270. The van der Waals surface area contributed by atoms with Crippen LogP contribution in [0.25, 0.3) is 6.08 Å². The molecule has 13 heteroatoms. The lowest BCUT2D eigenvalue weighted by Crippen LogP contribution is -2.52. The zero-order valence-corrected chi connectivity index (χ0v) is 25.1. The maximum atomic E-state index is 12.9. The minimum atomic E-state index is -1.27. The lowest BCUT2D eigenvalue weighted by atomic mass is 9.94. The molecule has 7 N–H and O–H groups in total. The molecule has 1 fully saturated rings. The van der Waals surface area contributed by atoms with E-state index < -0.39 is 67.0 Å². The van der Waals surface area contributed by atoms with Crippen molar-refractivity contribution in [3.63, 3.8) is 0 Å². The molecular weight excluding hydrogens is 580 g/mol. The number of carbonyl (C=O) groups excluding carboxylic acids is 1. The van der Waals surface area contributed by atoms with Gasteiger partial charge in [0.15, 0.2) is 17.3 Å². The van der Waals surface area contributed by atoms with Gasteiger partial charge in [-0.15, -0.1) is 0 Å². The Kier molecular flexibility index (Phi) is 12.8. The number of ketones is 1. The van der Waals surface area contributed by atoms with Crippen molar-refractivity contribution in [2.45, 2.75) is 69.6 Å². The predicted molar refractivity (Wildman–Crippen MR) is 157 cm³/mol. The average molecular weight is 623 g/mol. The van der Waals surface area contributed by atoms with Crippen LogP contribution in [0.3, 0.4) is 0 Å². The maximum absolute atomic E-state index is 12.9. The van der Waals surface area contributed by atoms with Crippen LogP contribution in [-0.4, -0.2) is 112 Å². The molecule has 0 aromatic heterocycles. The summed E-state index contributed by atoms with van der Waals surface area (Å²) in [7, 11) is 2.74. The number of aromatic hydroxyl groups is 2. The second-order valence-electron chi connectivity index (χ2n) is 10.8. The molecule has 44 heavy (non-hydrogen) atoms. The fraction of sp³-hybridized carbons (Fsp3) is 0.516. The van der Waals surface area contributed by atoms with Crippen LogP contribution in [0.4, 0.5) is 0 Å². The van der Waals surface area contributed by atoms with E-state index in [9.17, 15) is 35.4 Å². The third-order valence-electron chi connectivity index (χ3n) is 7.37. The van der Waals surface area contributed by atoms with Crippen LogP contribution in [0.2, 0.25) is 0 Å². The summed E-state index contributed by atoms with van der Waals surface area (Å²) >= 11 is 0. The van der Waals surface area contributed by atoms with Crippen molar-refractivity contribution in [1.29, 1.82) is 0 Å². The van der Waals surface area contributed by atoms with Crippen molar-refractivity contribution >= 4 is 11.9 Å². The number of hydrogen-bond acceptors (Lipinski definition) is 13. The molecule has 2 aromatic carbocycles. The molecule has 0 bridgehead atoms. The monoisotopic (exact) mass is 622 g/mol. The number of ether oxygens (including phenoxy) is 5. The van der Waals surface area contributed by atoms with Gasteiger partial charge in [0.05, 0.1) is 45.7 Å². The van der Waals surface area contributed by atoms with Gasteiger partial charge in [-0.1, -0.05) is 19.1 Å². The van der Waals surface area contributed by atoms with E-state index >= 15 is 0 Å². The highest BCUT2D eigenvalue weighted by Gasteiger charge is 2.38. The van der Waals surface area contributed by atoms with Gasteiger partial charge >= 0.3 is 0 Å². The number of phenols is 2. The van der Waals surface area contributed by atoms with Crippen molar-refractivity contribution in [1.82, 2.24) is 0 Å². The molecule has 8 atom stereocenters. The van der Waals surface area contributed by atoms with E-state index in [0.717, 1.165) is 0 Å². The first kappa shape index (κ1) is 35.1. The molecule has 0 radical (unpaired) electrons. The summed E-state index contributed by atoms with van der Waals surface area (Å²) in [5.74, 6) is -1.13. The van der Waals surface area contributed by atoms with Crippen LogP contribution < -0.4 is 14.2 Å². The number of carbonyl (C=O) groups is 1. The van der Waals surface area contributed by atoms with Gasteiger partial charge in [-0.3, -0.25) is 4.79 Å². The molecule has 0 aliphatic carbocycles. The molecule has 0 spiro atoms. The SMILES string of the molecule is COc1ccc(C=CC(=O)c2c(O)cc(O[C@H]3CC(O)[C@H](O)C(COC(C)CC(C)[C@H](O)C(O)CO)O3)cc2OC)cc1O. The zero-order chi connectivity index (χ0) is 32.6. The molecule has 2 aromatic rings. The molecule has 3 rings (SSSR count). The van der Waals surface area contributed by atoms with Gasteiger partial charge in [0.2, 0.25) is 6.29 Å². The Morgan fingerprint density at radius 3 is 2.39 bits per heavy atom. The minimum absolute atomic E-state index is 0.0138. The Morgan fingerprint density at radius 2 is 1.75 bits per heavy atom. The third-order valence-corrected chi connectivity index (χ3v) is 7.37. The number of aliphatic hydroxyl groups is 5. The van der Waals surface area contributed by atoms with Gasteiger partial charge in [0.25, 0.3) is 0 Å². The highest BCUT2D eigenvalue weighted by molar-refractivity contribution is 6.10. The van der Waals surface area contributed by atoms with E-state index in [1.54, 1.807) is 26.0 Å². The third kappa shape index (κ3) is 9.05. The van der Waals surface area contributed by atoms with E-state index in [1.165, 1.54) is 44.6 Å². The van der Waals surface area contributed by atoms with Crippen molar-refractivity contribution in [2.75, 3.05) is 27.4 Å². The molecule has 5 unspecified atom stereocenters. The summed E-state index contributed by atoms with van der Waals surface area (Å²) in [6.07, 6.45) is -4.44. The lowest BCUT2D eigenvalue weighted by molar-refractivity contribution is -0.236. The number of benzene rings is 2. The topological polar surface area (TPSA) is 205 Å². The molecule has 0 saturated carbocycles. The van der Waals surface area contributed by atoms with E-state index in [4.69, 9.17) is 28.8 Å². The fourth-order valence-electron chi connectivity index (χ4n) is 4.88. The normalized spacial score (nSPS) is 23.1. The predicted octanol–water partition coefficient (Wildman–Crippen LogP) is 1.37. The lowest BCUT2D eigenvalue weighted by Gasteiger charge is -2.37. The van der Waals surface area contributed by atoms with Crippen LogP contribution in [0.15, 0.2) is 36.4 Å². The number of phenolic OH excluding ortho intramolecular Hbond substituents is 2. The van der Waals surface area contributed by atoms with Gasteiger partial charge in [0.1, 0.15) is 41.1 Å². The number of allylic oxidation sites excluding steroid dienone is 1. The standard InChI is InChI=1S/C31H42O13/c1-16(30(38)24(37)14-32)9-17(2)42-15-27-31(39)23(36)13-28(44-27)43-19-11-22(35)29(26(12-19)41-4)20(33)7-5-18-6-8-25(40-3)21(34)10-18/h5-8,10-12,16-17,23-24,27-28,30-32,34-39H,9,13-15H2,1-4H3/t16?,17?,23?,24?,27?,28-,30+,31+/m1/s1. The first-order valence-corrected chi connectivity index (χ1v) is 14.2. The molecule has 13 nitrogen and oxygen atoms in total. The number of methoxy groups -OCH3 is 2. The first-order chi connectivity index (χ1) is 20.9. The van der Waals surface area contributed by atoms with E-state index in [-0.39, 0.29) is 41.6 Å². The quantitative estimate of drug-likeness (QED) is 0.111. The second kappa shape index (κ2) is 16.0. The van der Waals surface area contributed by atoms with Crippen molar-refractivity contribution < 1.29 is 64.2 Å². The van der Waals surface area contributed by atoms with Crippen molar-refractivity contribution in [3.8, 4) is 28.7 Å². The van der Waals surface area contributed by atoms with E-state index in [1.807, 2.05) is 0 Å². The van der Waals surface area contributed by atoms with Crippen LogP contribution in [-0.2, 0) is 9.47 Å². The van der Waals surface area contributed by atoms with Crippen molar-refractivity contribution in [3.05, 3.63) is 47.5 Å². The highest BCUT2D eigenvalue weighted by atomic mass is 16.7. The summed E-state index contributed by atoms with van der Waals surface area (Å²) in [6, 6.07) is 7.18. The maximum Gasteiger partial charge on any atom is 0.202 e. The van der Waals surface area contributed by atoms with Crippen LogP contribution in [0.5, 0.6) is 28.7 Å².